The second-order valence-electron chi connectivity index (χ2n) is 6.07. The van der Waals surface area contributed by atoms with Gasteiger partial charge in [-0.15, -0.1) is 0 Å². The van der Waals surface area contributed by atoms with Crippen molar-refractivity contribution in [3.8, 4) is 5.88 Å². The second-order valence-corrected chi connectivity index (χ2v) is 6.48. The number of ether oxygens (including phenoxy) is 1. The lowest BCUT2D eigenvalue weighted by atomic mass is 10.2. The Labute approximate surface area is 163 Å². The summed E-state index contributed by atoms with van der Waals surface area (Å²) in [5.74, 6) is -0.944. The minimum atomic E-state index is -4.53. The highest BCUT2D eigenvalue weighted by atomic mass is 35.5. The number of anilines is 2. The maximum absolute atomic E-state index is 12.4. The summed E-state index contributed by atoms with van der Waals surface area (Å²) in [4.78, 5) is 29.5. The fourth-order valence-electron chi connectivity index (χ4n) is 2.68. The van der Waals surface area contributed by atoms with E-state index in [9.17, 15) is 22.8 Å². The van der Waals surface area contributed by atoms with Gasteiger partial charge in [0.2, 0.25) is 11.8 Å². The van der Waals surface area contributed by atoms with Gasteiger partial charge in [0.05, 0.1) is 5.56 Å². The van der Waals surface area contributed by atoms with Crippen LogP contribution in [0, 0.1) is 0 Å². The van der Waals surface area contributed by atoms with Crippen molar-refractivity contribution in [3.63, 3.8) is 0 Å². The maximum Gasteiger partial charge on any atom is 0.422 e. The van der Waals surface area contributed by atoms with Crippen molar-refractivity contribution in [2.75, 3.05) is 23.4 Å². The molecule has 2 aromatic rings. The minimum Gasteiger partial charge on any atom is -0.467 e. The maximum atomic E-state index is 12.4. The van der Waals surface area contributed by atoms with Crippen LogP contribution in [-0.2, 0) is 4.79 Å². The molecule has 6 nitrogen and oxygen atoms in total. The van der Waals surface area contributed by atoms with Crippen LogP contribution in [0.4, 0.5) is 24.5 Å². The minimum absolute atomic E-state index is 0.0221. The molecular formula is C18H15ClF3N3O3. The van der Waals surface area contributed by atoms with Crippen LogP contribution >= 0.6 is 11.6 Å². The van der Waals surface area contributed by atoms with E-state index in [0.717, 1.165) is 12.6 Å². The first-order valence-corrected chi connectivity index (χ1v) is 8.67. The molecule has 1 saturated heterocycles. The number of aromatic nitrogens is 1. The summed E-state index contributed by atoms with van der Waals surface area (Å²) >= 11 is 5.85. The molecule has 1 aromatic heterocycles. The Morgan fingerprint density at radius 1 is 1.32 bits per heavy atom. The Bertz CT molecular complexity index is 905. The lowest BCUT2D eigenvalue weighted by molar-refractivity contribution is -0.154. The fourth-order valence-corrected chi connectivity index (χ4v) is 2.90. The van der Waals surface area contributed by atoms with Gasteiger partial charge in [0.1, 0.15) is 5.02 Å². The molecule has 1 N–H and O–H groups in total. The molecule has 0 atom stereocenters. The first-order chi connectivity index (χ1) is 13.2. The molecule has 2 heterocycles. The van der Waals surface area contributed by atoms with Crippen LogP contribution in [0.3, 0.4) is 0 Å². The molecule has 0 spiro atoms. The van der Waals surface area contributed by atoms with Crippen LogP contribution in [0.2, 0.25) is 5.02 Å². The van der Waals surface area contributed by atoms with Gasteiger partial charge in [-0.25, -0.2) is 4.98 Å². The van der Waals surface area contributed by atoms with Gasteiger partial charge >= 0.3 is 6.18 Å². The highest BCUT2D eigenvalue weighted by molar-refractivity contribution is 6.32. The Balaban J connectivity index is 1.69. The number of nitrogens with zero attached hydrogens (tertiary/aromatic N) is 2. The smallest absolute Gasteiger partial charge is 0.422 e. The standard InChI is InChI=1S/C18H15ClF3N3O3/c19-14-7-11(9-23-17(14)28-10-18(20,21)22)16(27)24-12-3-1-4-13(8-12)25-6-2-5-15(25)26/h1,3-4,7-9H,2,5-6,10H2,(H,24,27). The van der Waals surface area contributed by atoms with E-state index in [-0.39, 0.29) is 16.5 Å². The Morgan fingerprint density at radius 3 is 2.75 bits per heavy atom. The zero-order chi connectivity index (χ0) is 20.3. The summed E-state index contributed by atoms with van der Waals surface area (Å²) < 4.78 is 41.1. The van der Waals surface area contributed by atoms with E-state index >= 15 is 0 Å². The summed E-state index contributed by atoms with van der Waals surface area (Å²) in [6.45, 7) is -0.914. The number of halogens is 4. The van der Waals surface area contributed by atoms with Crippen molar-refractivity contribution in [1.29, 1.82) is 0 Å². The fraction of sp³-hybridized carbons (Fsp3) is 0.278. The van der Waals surface area contributed by atoms with Gasteiger partial charge in [-0.05, 0) is 30.7 Å². The average Bonchev–Trinajstić information content (AvgIpc) is 3.06. The lowest BCUT2D eigenvalue weighted by Gasteiger charge is -2.17. The highest BCUT2D eigenvalue weighted by Crippen LogP contribution is 2.27. The summed E-state index contributed by atoms with van der Waals surface area (Å²) in [5, 5.41) is 2.43. The van der Waals surface area contributed by atoms with E-state index in [1.54, 1.807) is 29.2 Å². The van der Waals surface area contributed by atoms with E-state index in [4.69, 9.17) is 11.6 Å². The van der Waals surface area contributed by atoms with Crippen LogP contribution in [0.15, 0.2) is 36.5 Å². The van der Waals surface area contributed by atoms with Gasteiger partial charge in [0.15, 0.2) is 6.61 Å². The summed E-state index contributed by atoms with van der Waals surface area (Å²) in [5.41, 5.74) is 1.18. The van der Waals surface area contributed by atoms with E-state index in [1.807, 2.05) is 0 Å². The van der Waals surface area contributed by atoms with Gasteiger partial charge in [-0.2, -0.15) is 13.2 Å². The van der Waals surface area contributed by atoms with Crippen molar-refractivity contribution in [3.05, 3.63) is 47.1 Å². The monoisotopic (exact) mass is 413 g/mol. The zero-order valence-corrected chi connectivity index (χ0v) is 15.2. The van der Waals surface area contributed by atoms with Crippen molar-refractivity contribution >= 4 is 34.8 Å². The summed E-state index contributed by atoms with van der Waals surface area (Å²) in [6.07, 6.45) is -2.19. The quantitative estimate of drug-likeness (QED) is 0.802. The summed E-state index contributed by atoms with van der Waals surface area (Å²) in [7, 11) is 0. The van der Waals surface area contributed by atoms with Crippen molar-refractivity contribution in [2.45, 2.75) is 19.0 Å². The molecule has 0 radical (unpaired) electrons. The molecular weight excluding hydrogens is 399 g/mol. The van der Waals surface area contributed by atoms with Crippen LogP contribution in [0.5, 0.6) is 5.88 Å². The second kappa shape index (κ2) is 8.05. The third kappa shape index (κ3) is 4.92. The van der Waals surface area contributed by atoms with E-state index < -0.39 is 24.6 Å². The van der Waals surface area contributed by atoms with Crippen molar-refractivity contribution < 1.29 is 27.5 Å². The number of carbonyl (C=O) groups excluding carboxylic acids is 2. The molecule has 2 amide bonds. The normalized spacial score (nSPS) is 14.3. The summed E-state index contributed by atoms with van der Waals surface area (Å²) in [6, 6.07) is 7.96. The molecule has 0 unspecified atom stereocenters. The van der Waals surface area contributed by atoms with Gasteiger partial charge in [0, 0.05) is 30.5 Å². The molecule has 28 heavy (non-hydrogen) atoms. The van der Waals surface area contributed by atoms with Gasteiger partial charge in [-0.1, -0.05) is 17.7 Å². The van der Waals surface area contributed by atoms with Gasteiger partial charge in [-0.3, -0.25) is 9.59 Å². The molecule has 0 saturated carbocycles. The van der Waals surface area contributed by atoms with Gasteiger partial charge in [0.25, 0.3) is 5.91 Å². The van der Waals surface area contributed by atoms with Crippen LogP contribution in [-0.4, -0.2) is 36.1 Å². The molecule has 1 aliphatic heterocycles. The molecule has 1 aliphatic rings. The molecule has 1 aromatic carbocycles. The van der Waals surface area contributed by atoms with Crippen molar-refractivity contribution in [1.82, 2.24) is 4.98 Å². The SMILES string of the molecule is O=C(Nc1cccc(N2CCCC2=O)c1)c1cnc(OCC(F)(F)F)c(Cl)c1. The molecule has 10 heteroatoms. The predicted molar refractivity (Wildman–Crippen MR) is 96.8 cm³/mol. The number of nitrogens with one attached hydrogen (secondary N) is 1. The van der Waals surface area contributed by atoms with Crippen LogP contribution in [0.25, 0.3) is 0 Å². The third-order valence-corrected chi connectivity index (χ3v) is 4.20. The Morgan fingerprint density at radius 2 is 2.11 bits per heavy atom. The van der Waals surface area contributed by atoms with E-state index in [0.29, 0.717) is 24.3 Å². The number of hydrogen-bond donors (Lipinski definition) is 1. The predicted octanol–water partition coefficient (Wildman–Crippen LogP) is 4.06. The lowest BCUT2D eigenvalue weighted by Crippen LogP contribution is -2.23. The Kier molecular flexibility index (Phi) is 5.73. The molecule has 0 aliphatic carbocycles. The molecule has 3 rings (SSSR count). The number of rotatable bonds is 5. The van der Waals surface area contributed by atoms with Crippen LogP contribution in [0.1, 0.15) is 23.2 Å². The average molecular weight is 414 g/mol. The molecule has 1 fully saturated rings. The van der Waals surface area contributed by atoms with E-state index in [2.05, 4.69) is 15.0 Å². The van der Waals surface area contributed by atoms with Gasteiger partial charge < -0.3 is 15.0 Å². The van der Waals surface area contributed by atoms with Crippen LogP contribution < -0.4 is 15.0 Å². The number of carbonyl (C=O) groups is 2. The number of benzene rings is 1. The van der Waals surface area contributed by atoms with E-state index in [1.165, 1.54) is 6.07 Å². The topological polar surface area (TPSA) is 71.5 Å². The third-order valence-electron chi connectivity index (χ3n) is 3.93. The number of amides is 2. The number of alkyl halides is 3. The number of hydrogen-bond acceptors (Lipinski definition) is 4. The Hall–Kier alpha value is -2.81. The first-order valence-electron chi connectivity index (χ1n) is 8.30. The zero-order valence-electron chi connectivity index (χ0n) is 14.4. The largest absolute Gasteiger partial charge is 0.467 e. The van der Waals surface area contributed by atoms with Crippen molar-refractivity contribution in [2.24, 2.45) is 0 Å². The highest BCUT2D eigenvalue weighted by Gasteiger charge is 2.29. The molecule has 148 valence electrons. The number of pyridine rings is 1. The molecule has 0 bridgehead atoms. The first kappa shape index (κ1) is 19.9.